The van der Waals surface area contributed by atoms with Crippen molar-refractivity contribution in [1.29, 1.82) is 0 Å². The molecule has 0 unspecified atom stereocenters. The van der Waals surface area contributed by atoms with Crippen LogP contribution in [0.2, 0.25) is 0 Å². The van der Waals surface area contributed by atoms with Crippen molar-refractivity contribution in [3.63, 3.8) is 0 Å². The van der Waals surface area contributed by atoms with Crippen LogP contribution in [-0.4, -0.2) is 21.4 Å². The van der Waals surface area contributed by atoms with Gasteiger partial charge >= 0.3 is 0 Å². The Hall–Kier alpha value is -2.38. The van der Waals surface area contributed by atoms with Gasteiger partial charge in [-0.05, 0) is 30.7 Å². The topological polar surface area (TPSA) is 84.5 Å². The van der Waals surface area contributed by atoms with Gasteiger partial charge < -0.3 is 10.1 Å². The number of anilines is 1. The van der Waals surface area contributed by atoms with E-state index in [4.69, 9.17) is 4.74 Å². The number of ether oxygens (including phenoxy) is 1. The van der Waals surface area contributed by atoms with E-state index in [9.17, 15) is 13.2 Å². The van der Waals surface area contributed by atoms with Crippen molar-refractivity contribution in [2.45, 2.75) is 31.2 Å². The Kier molecular flexibility index (Phi) is 6.17. The van der Waals surface area contributed by atoms with Gasteiger partial charge in [0, 0.05) is 12.5 Å². The van der Waals surface area contributed by atoms with Gasteiger partial charge in [0.1, 0.15) is 5.75 Å². The number of carbonyl (C=O) groups excluding carboxylic acids is 1. The van der Waals surface area contributed by atoms with E-state index < -0.39 is 10.0 Å². The minimum atomic E-state index is -3.75. The van der Waals surface area contributed by atoms with Crippen LogP contribution in [0, 0.1) is 0 Å². The molecule has 0 bridgehead atoms. The molecule has 1 atom stereocenters. The zero-order valence-electron chi connectivity index (χ0n) is 14.4. The van der Waals surface area contributed by atoms with E-state index in [2.05, 4.69) is 10.0 Å². The highest BCUT2D eigenvalue weighted by Crippen LogP contribution is 2.28. The maximum absolute atomic E-state index is 12.7. The minimum absolute atomic E-state index is 0.0579. The first-order chi connectivity index (χ1) is 11.9. The highest BCUT2D eigenvalue weighted by molar-refractivity contribution is 7.89. The van der Waals surface area contributed by atoms with E-state index in [-0.39, 0.29) is 23.3 Å². The minimum Gasteiger partial charge on any atom is -0.495 e. The largest absolute Gasteiger partial charge is 0.495 e. The van der Waals surface area contributed by atoms with Gasteiger partial charge in [-0.2, -0.15) is 0 Å². The van der Waals surface area contributed by atoms with Crippen LogP contribution < -0.4 is 14.8 Å². The molecule has 1 amide bonds. The van der Waals surface area contributed by atoms with E-state index in [0.29, 0.717) is 11.4 Å². The Bertz CT molecular complexity index is 835. The molecule has 0 heterocycles. The summed E-state index contributed by atoms with van der Waals surface area (Å²) in [5, 5.41) is 2.65. The van der Waals surface area contributed by atoms with Crippen molar-refractivity contribution in [2.75, 3.05) is 12.4 Å². The molecule has 0 aliphatic rings. The van der Waals surface area contributed by atoms with Gasteiger partial charge in [0.15, 0.2) is 0 Å². The molecule has 6 nitrogen and oxygen atoms in total. The fourth-order valence-corrected chi connectivity index (χ4v) is 3.56. The molecule has 2 N–H and O–H groups in total. The maximum Gasteiger partial charge on any atom is 0.241 e. The summed E-state index contributed by atoms with van der Waals surface area (Å²) in [4.78, 5) is 11.7. The van der Waals surface area contributed by atoms with Crippen LogP contribution in [0.15, 0.2) is 53.4 Å². The predicted molar refractivity (Wildman–Crippen MR) is 97.1 cm³/mol. The quantitative estimate of drug-likeness (QED) is 0.793. The molecule has 7 heteroatoms. The first-order valence-electron chi connectivity index (χ1n) is 7.92. The number of amides is 1. The smallest absolute Gasteiger partial charge is 0.241 e. The van der Waals surface area contributed by atoms with Gasteiger partial charge in [-0.1, -0.05) is 37.3 Å². The number of hydrogen-bond acceptors (Lipinski definition) is 4. The Morgan fingerprint density at radius 3 is 2.44 bits per heavy atom. The summed E-state index contributed by atoms with van der Waals surface area (Å²) in [5.41, 5.74) is 1.18. The van der Waals surface area contributed by atoms with Crippen molar-refractivity contribution >= 4 is 21.6 Å². The molecular formula is C18H22N2O4S. The lowest BCUT2D eigenvalue weighted by Gasteiger charge is -2.16. The fraction of sp³-hybridized carbons (Fsp3) is 0.278. The van der Waals surface area contributed by atoms with Crippen LogP contribution in [0.25, 0.3) is 0 Å². The second-order valence-corrected chi connectivity index (χ2v) is 7.23. The average Bonchev–Trinajstić information content (AvgIpc) is 2.61. The number of benzene rings is 2. The number of nitrogens with one attached hydrogen (secondary N) is 2. The van der Waals surface area contributed by atoms with E-state index in [1.165, 1.54) is 25.3 Å². The molecule has 0 aromatic heterocycles. The van der Waals surface area contributed by atoms with Crippen LogP contribution in [0.3, 0.4) is 0 Å². The summed E-state index contributed by atoms with van der Waals surface area (Å²) >= 11 is 0. The lowest BCUT2D eigenvalue weighted by molar-refractivity contribution is -0.115. The molecule has 0 aliphatic heterocycles. The van der Waals surface area contributed by atoms with E-state index in [1.807, 2.05) is 30.3 Å². The zero-order chi connectivity index (χ0) is 18.4. The summed E-state index contributed by atoms with van der Waals surface area (Å²) in [6.45, 7) is 3.49. The number of carbonyl (C=O) groups is 1. The third kappa shape index (κ3) is 4.80. The molecule has 2 rings (SSSR count). The van der Waals surface area contributed by atoms with Crippen molar-refractivity contribution < 1.29 is 17.9 Å². The van der Waals surface area contributed by atoms with Crippen molar-refractivity contribution in [1.82, 2.24) is 4.72 Å². The Morgan fingerprint density at radius 1 is 1.16 bits per heavy atom. The SMILES string of the molecule is CCC(=O)Nc1cc(S(=O)(=O)N[C@@H](C)c2ccccc2)ccc1OC. The van der Waals surface area contributed by atoms with Crippen LogP contribution in [-0.2, 0) is 14.8 Å². The predicted octanol–water partition coefficient (Wildman–Crippen LogP) is 3.08. The lowest BCUT2D eigenvalue weighted by Crippen LogP contribution is -2.27. The number of hydrogen-bond donors (Lipinski definition) is 2. The average molecular weight is 362 g/mol. The van der Waals surface area contributed by atoms with Crippen molar-refractivity contribution in [2.24, 2.45) is 0 Å². The second-order valence-electron chi connectivity index (χ2n) is 5.52. The second kappa shape index (κ2) is 8.13. The molecular weight excluding hydrogens is 340 g/mol. The van der Waals surface area contributed by atoms with Crippen molar-refractivity contribution in [3.05, 3.63) is 54.1 Å². The van der Waals surface area contributed by atoms with Gasteiger partial charge in [-0.15, -0.1) is 0 Å². The summed E-state index contributed by atoms with van der Waals surface area (Å²) in [7, 11) is -2.30. The first kappa shape index (κ1) is 19.0. The molecule has 0 saturated carbocycles. The standard InChI is InChI=1S/C18H22N2O4S/c1-4-18(21)19-16-12-15(10-11-17(16)24-3)25(22,23)20-13(2)14-8-6-5-7-9-14/h5-13,20H,4H2,1-3H3,(H,19,21)/t13-/m0/s1. The van der Waals surface area contributed by atoms with Crippen LogP contribution in [0.1, 0.15) is 31.9 Å². The fourth-order valence-electron chi connectivity index (χ4n) is 2.30. The van der Waals surface area contributed by atoms with Gasteiger partial charge in [0.05, 0.1) is 17.7 Å². The maximum atomic E-state index is 12.7. The molecule has 25 heavy (non-hydrogen) atoms. The molecule has 2 aromatic carbocycles. The molecule has 2 aromatic rings. The number of sulfonamides is 1. The highest BCUT2D eigenvalue weighted by atomic mass is 32.2. The van der Waals surface area contributed by atoms with E-state index in [1.54, 1.807) is 13.8 Å². The summed E-state index contributed by atoms with van der Waals surface area (Å²) < 4.78 is 33.1. The molecule has 0 spiro atoms. The Balaban J connectivity index is 2.29. The molecule has 134 valence electrons. The van der Waals surface area contributed by atoms with Crippen LogP contribution >= 0.6 is 0 Å². The molecule has 0 aliphatic carbocycles. The van der Waals surface area contributed by atoms with Gasteiger partial charge in [-0.3, -0.25) is 4.79 Å². The van der Waals surface area contributed by atoms with Gasteiger partial charge in [0.2, 0.25) is 15.9 Å². The normalized spacial score (nSPS) is 12.4. The summed E-state index contributed by atoms with van der Waals surface area (Å²) in [5.74, 6) is 0.176. The lowest BCUT2D eigenvalue weighted by atomic mass is 10.1. The zero-order valence-corrected chi connectivity index (χ0v) is 15.3. The Morgan fingerprint density at radius 2 is 1.84 bits per heavy atom. The third-order valence-electron chi connectivity index (χ3n) is 3.71. The number of methoxy groups -OCH3 is 1. The van der Waals surface area contributed by atoms with E-state index >= 15 is 0 Å². The monoisotopic (exact) mass is 362 g/mol. The molecule has 0 fully saturated rings. The molecule has 0 saturated heterocycles. The Labute approximate surface area is 148 Å². The van der Waals surface area contributed by atoms with Crippen LogP contribution in [0.5, 0.6) is 5.75 Å². The summed E-state index contributed by atoms with van der Waals surface area (Å²) in [6.07, 6.45) is 0.281. The molecule has 0 radical (unpaired) electrons. The van der Waals surface area contributed by atoms with E-state index in [0.717, 1.165) is 5.56 Å². The van der Waals surface area contributed by atoms with Gasteiger partial charge in [0.25, 0.3) is 0 Å². The first-order valence-corrected chi connectivity index (χ1v) is 9.41. The third-order valence-corrected chi connectivity index (χ3v) is 5.25. The number of rotatable bonds is 7. The highest BCUT2D eigenvalue weighted by Gasteiger charge is 2.20. The van der Waals surface area contributed by atoms with Crippen molar-refractivity contribution in [3.8, 4) is 5.75 Å². The van der Waals surface area contributed by atoms with Gasteiger partial charge in [-0.25, -0.2) is 13.1 Å². The summed E-state index contributed by atoms with van der Waals surface area (Å²) in [6, 6.07) is 13.3. The van der Waals surface area contributed by atoms with Crippen LogP contribution in [0.4, 0.5) is 5.69 Å².